The number of nitrogens with zero attached hydrogens (tertiary/aromatic N) is 2. The Morgan fingerprint density at radius 3 is 2.89 bits per heavy atom. The molecular formula is C11H13N3O3S. The first-order valence-corrected chi connectivity index (χ1v) is 5.94. The van der Waals surface area contributed by atoms with Crippen LogP contribution in [-0.4, -0.2) is 40.1 Å². The van der Waals surface area contributed by atoms with Gasteiger partial charge in [-0.05, 0) is 6.92 Å². The van der Waals surface area contributed by atoms with Crippen molar-refractivity contribution < 1.29 is 14.7 Å². The Balaban J connectivity index is 2.51. The zero-order chi connectivity index (χ0) is 13.5. The quantitative estimate of drug-likeness (QED) is 0.769. The average molecular weight is 267 g/mol. The number of aromatic nitrogens is 1. The molecule has 1 aromatic heterocycles. The molecule has 0 bridgehead atoms. The first-order chi connectivity index (χ1) is 8.52. The smallest absolute Gasteiger partial charge is 0.323 e. The van der Waals surface area contributed by atoms with Crippen LogP contribution in [0.2, 0.25) is 0 Å². The van der Waals surface area contributed by atoms with Crippen LogP contribution < -0.4 is 5.32 Å². The van der Waals surface area contributed by atoms with Gasteiger partial charge in [-0.15, -0.1) is 17.8 Å². The van der Waals surface area contributed by atoms with Crippen LogP contribution in [0.15, 0.2) is 6.20 Å². The van der Waals surface area contributed by atoms with Gasteiger partial charge in [-0.3, -0.25) is 4.79 Å². The molecule has 96 valence electrons. The number of carbonyl (C=O) groups excluding carboxylic acids is 1. The van der Waals surface area contributed by atoms with E-state index in [0.29, 0.717) is 0 Å². The molecule has 2 amide bonds. The molecule has 0 aliphatic heterocycles. The van der Waals surface area contributed by atoms with Crippen molar-refractivity contribution in [1.29, 1.82) is 0 Å². The molecular weight excluding hydrogens is 254 g/mol. The fourth-order valence-corrected chi connectivity index (χ4v) is 1.95. The fraction of sp³-hybridized carbons (Fsp3) is 0.364. The molecule has 1 aromatic rings. The van der Waals surface area contributed by atoms with E-state index in [4.69, 9.17) is 11.5 Å². The molecule has 0 saturated carbocycles. The van der Waals surface area contributed by atoms with Gasteiger partial charge in [0.05, 0.1) is 13.1 Å². The number of rotatable bonds is 5. The lowest BCUT2D eigenvalue weighted by Gasteiger charge is -2.17. The highest BCUT2D eigenvalue weighted by Crippen LogP contribution is 2.10. The van der Waals surface area contributed by atoms with Gasteiger partial charge in [0.15, 0.2) is 0 Å². The molecule has 18 heavy (non-hydrogen) atoms. The van der Waals surface area contributed by atoms with Gasteiger partial charge in [0.2, 0.25) is 0 Å². The molecule has 0 saturated heterocycles. The van der Waals surface area contributed by atoms with Gasteiger partial charge in [0.1, 0.15) is 11.6 Å². The average Bonchev–Trinajstić information content (AvgIpc) is 2.71. The van der Waals surface area contributed by atoms with E-state index in [9.17, 15) is 9.59 Å². The molecule has 6 nitrogen and oxygen atoms in total. The Morgan fingerprint density at radius 1 is 1.67 bits per heavy atom. The van der Waals surface area contributed by atoms with E-state index in [1.54, 1.807) is 6.20 Å². The summed E-state index contributed by atoms with van der Waals surface area (Å²) in [6.07, 6.45) is 6.79. The van der Waals surface area contributed by atoms with Gasteiger partial charge in [0, 0.05) is 11.1 Å². The Labute approximate surface area is 109 Å². The third-order valence-corrected chi connectivity index (χ3v) is 2.87. The van der Waals surface area contributed by atoms with Crippen LogP contribution in [0.25, 0.3) is 0 Å². The molecule has 0 aliphatic carbocycles. The normalized spacial score (nSPS) is 9.56. The highest BCUT2D eigenvalue weighted by atomic mass is 32.1. The van der Waals surface area contributed by atoms with Gasteiger partial charge in [-0.1, -0.05) is 5.92 Å². The summed E-state index contributed by atoms with van der Waals surface area (Å²) in [6.45, 7) is 1.71. The van der Waals surface area contributed by atoms with Crippen LogP contribution in [0.5, 0.6) is 0 Å². The Hall–Kier alpha value is -2.07. The third-order valence-electron chi connectivity index (χ3n) is 1.96. The second-order valence-electron chi connectivity index (χ2n) is 3.48. The fourth-order valence-electron chi connectivity index (χ4n) is 1.22. The minimum Gasteiger partial charge on any atom is -0.480 e. The van der Waals surface area contributed by atoms with Crippen molar-refractivity contribution in [3.63, 3.8) is 0 Å². The third kappa shape index (κ3) is 4.43. The van der Waals surface area contributed by atoms with Crippen LogP contribution in [0.3, 0.4) is 0 Å². The van der Waals surface area contributed by atoms with Gasteiger partial charge in [0.25, 0.3) is 0 Å². The van der Waals surface area contributed by atoms with Gasteiger partial charge in [-0.2, -0.15) is 0 Å². The molecule has 7 heteroatoms. The van der Waals surface area contributed by atoms with Crippen molar-refractivity contribution in [3.8, 4) is 12.3 Å². The maximum absolute atomic E-state index is 11.7. The largest absolute Gasteiger partial charge is 0.480 e. The number of amides is 2. The van der Waals surface area contributed by atoms with Crippen molar-refractivity contribution in [2.24, 2.45) is 0 Å². The highest BCUT2D eigenvalue weighted by molar-refractivity contribution is 7.11. The Bertz CT molecular complexity index is 478. The number of hydrogen-bond donors (Lipinski definition) is 2. The lowest BCUT2D eigenvalue weighted by molar-refractivity contribution is -0.137. The van der Waals surface area contributed by atoms with E-state index in [1.165, 1.54) is 11.3 Å². The number of terminal acetylenes is 1. The molecule has 0 fully saturated rings. The number of carboxylic acids is 1. The standard InChI is InChI=1S/C11H13N3O3S/c1-3-4-14(7-10(15)16)11(17)13-6-9-12-5-8(2)18-9/h1,5H,4,6-7H2,2H3,(H,13,17)(H,15,16). The van der Waals surface area contributed by atoms with E-state index in [2.05, 4.69) is 16.2 Å². The summed E-state index contributed by atoms with van der Waals surface area (Å²) in [4.78, 5) is 28.4. The number of thiazole rings is 1. The molecule has 0 spiro atoms. The topological polar surface area (TPSA) is 82.5 Å². The van der Waals surface area contributed by atoms with E-state index in [-0.39, 0.29) is 13.1 Å². The molecule has 1 rings (SSSR count). The van der Waals surface area contributed by atoms with Gasteiger partial charge >= 0.3 is 12.0 Å². The zero-order valence-electron chi connectivity index (χ0n) is 9.84. The predicted octanol–water partition coefficient (Wildman–Crippen LogP) is 0.681. The highest BCUT2D eigenvalue weighted by Gasteiger charge is 2.15. The van der Waals surface area contributed by atoms with Crippen LogP contribution in [0.4, 0.5) is 4.79 Å². The van der Waals surface area contributed by atoms with Crippen molar-refractivity contribution >= 4 is 23.3 Å². The Kier molecular flexibility index (Phi) is 5.14. The first kappa shape index (κ1) is 14.0. The predicted molar refractivity (Wildman–Crippen MR) is 67.1 cm³/mol. The summed E-state index contributed by atoms with van der Waals surface area (Å²) in [6, 6.07) is -0.511. The lowest BCUT2D eigenvalue weighted by Crippen LogP contribution is -2.42. The number of carbonyl (C=O) groups is 2. The number of aliphatic carboxylic acids is 1. The minimum atomic E-state index is -1.11. The Morgan fingerprint density at radius 2 is 2.39 bits per heavy atom. The van der Waals surface area contributed by atoms with Crippen molar-refractivity contribution in [2.45, 2.75) is 13.5 Å². The van der Waals surface area contributed by atoms with Crippen LogP contribution in [-0.2, 0) is 11.3 Å². The monoisotopic (exact) mass is 267 g/mol. The SMILES string of the molecule is C#CCN(CC(=O)O)C(=O)NCc1ncc(C)s1. The molecule has 0 radical (unpaired) electrons. The zero-order valence-corrected chi connectivity index (χ0v) is 10.7. The van der Waals surface area contributed by atoms with E-state index in [0.717, 1.165) is 14.8 Å². The van der Waals surface area contributed by atoms with E-state index in [1.807, 2.05) is 6.92 Å². The maximum Gasteiger partial charge on any atom is 0.323 e. The summed E-state index contributed by atoms with van der Waals surface area (Å²) in [7, 11) is 0. The number of aryl methyl sites for hydroxylation is 1. The first-order valence-electron chi connectivity index (χ1n) is 5.12. The molecule has 2 N–H and O–H groups in total. The maximum atomic E-state index is 11.7. The summed E-state index contributed by atoms with van der Waals surface area (Å²) >= 11 is 1.47. The molecule has 1 heterocycles. The van der Waals surface area contributed by atoms with E-state index >= 15 is 0 Å². The van der Waals surface area contributed by atoms with Crippen LogP contribution in [0.1, 0.15) is 9.88 Å². The lowest BCUT2D eigenvalue weighted by atomic mass is 10.5. The summed E-state index contributed by atoms with van der Waals surface area (Å²) in [5.41, 5.74) is 0. The minimum absolute atomic E-state index is 0.0466. The van der Waals surface area contributed by atoms with Crippen LogP contribution in [0, 0.1) is 19.3 Å². The number of nitrogens with one attached hydrogen (secondary N) is 1. The van der Waals surface area contributed by atoms with Crippen LogP contribution >= 0.6 is 11.3 Å². The molecule has 0 aliphatic rings. The van der Waals surface area contributed by atoms with Gasteiger partial charge < -0.3 is 15.3 Å². The van der Waals surface area contributed by atoms with Gasteiger partial charge in [-0.25, -0.2) is 9.78 Å². The molecule has 0 aromatic carbocycles. The number of carboxylic acid groups (broad SMARTS) is 1. The summed E-state index contributed by atoms with van der Waals surface area (Å²) in [5.74, 6) is 1.14. The van der Waals surface area contributed by atoms with Crippen molar-refractivity contribution in [2.75, 3.05) is 13.1 Å². The second-order valence-corrected chi connectivity index (χ2v) is 4.80. The summed E-state index contributed by atoms with van der Waals surface area (Å²) < 4.78 is 0. The molecule has 0 unspecified atom stereocenters. The number of urea groups is 1. The summed E-state index contributed by atoms with van der Waals surface area (Å²) in [5, 5.41) is 12.0. The molecule has 0 atom stereocenters. The van der Waals surface area contributed by atoms with E-state index < -0.39 is 18.5 Å². The second kappa shape index (κ2) is 6.61. The van der Waals surface area contributed by atoms with Crippen molar-refractivity contribution in [1.82, 2.24) is 15.2 Å². The number of hydrogen-bond acceptors (Lipinski definition) is 4. The van der Waals surface area contributed by atoms with Crippen molar-refractivity contribution in [3.05, 3.63) is 16.1 Å².